The fourth-order valence-corrected chi connectivity index (χ4v) is 2.03. The SMILES string of the molecule is CCn1nc(C)c(Br)c1Cn1cc(C=O)nn1. The van der Waals surface area contributed by atoms with Gasteiger partial charge in [-0.3, -0.25) is 9.48 Å². The number of halogens is 1. The van der Waals surface area contributed by atoms with E-state index in [1.54, 1.807) is 10.9 Å². The van der Waals surface area contributed by atoms with Gasteiger partial charge < -0.3 is 0 Å². The van der Waals surface area contributed by atoms with Crippen molar-refractivity contribution in [2.24, 2.45) is 0 Å². The topological polar surface area (TPSA) is 65.6 Å². The largest absolute Gasteiger partial charge is 0.296 e. The maximum absolute atomic E-state index is 10.5. The summed E-state index contributed by atoms with van der Waals surface area (Å²) in [6.45, 7) is 5.30. The first kappa shape index (κ1) is 12.0. The summed E-state index contributed by atoms with van der Waals surface area (Å²) in [7, 11) is 0. The van der Waals surface area contributed by atoms with Crippen molar-refractivity contribution in [3.05, 3.63) is 27.8 Å². The van der Waals surface area contributed by atoms with Crippen LogP contribution in [0.4, 0.5) is 0 Å². The molecule has 0 saturated carbocycles. The van der Waals surface area contributed by atoms with Crippen molar-refractivity contribution in [1.29, 1.82) is 0 Å². The molecule has 2 aromatic heterocycles. The summed E-state index contributed by atoms with van der Waals surface area (Å²) in [6.07, 6.45) is 2.29. The Hall–Kier alpha value is -1.50. The third-order valence-electron chi connectivity index (χ3n) is 2.44. The van der Waals surface area contributed by atoms with E-state index in [1.165, 1.54) is 0 Å². The van der Waals surface area contributed by atoms with Crippen LogP contribution in [0.15, 0.2) is 10.7 Å². The van der Waals surface area contributed by atoms with E-state index in [1.807, 2.05) is 18.5 Å². The summed E-state index contributed by atoms with van der Waals surface area (Å²) < 4.78 is 4.50. The Kier molecular flexibility index (Phi) is 3.37. The van der Waals surface area contributed by atoms with Crippen molar-refractivity contribution in [2.45, 2.75) is 26.9 Å². The van der Waals surface area contributed by atoms with Crippen molar-refractivity contribution in [3.8, 4) is 0 Å². The number of carbonyl (C=O) groups is 1. The number of rotatable bonds is 4. The predicted molar refractivity (Wildman–Crippen MR) is 64.8 cm³/mol. The van der Waals surface area contributed by atoms with Gasteiger partial charge in [-0.2, -0.15) is 5.10 Å². The van der Waals surface area contributed by atoms with Gasteiger partial charge in [0.2, 0.25) is 0 Å². The van der Waals surface area contributed by atoms with Gasteiger partial charge in [0, 0.05) is 6.54 Å². The van der Waals surface area contributed by atoms with E-state index in [-0.39, 0.29) is 0 Å². The molecule has 0 radical (unpaired) electrons. The zero-order valence-corrected chi connectivity index (χ0v) is 11.2. The molecule has 0 unspecified atom stereocenters. The Labute approximate surface area is 107 Å². The van der Waals surface area contributed by atoms with Gasteiger partial charge >= 0.3 is 0 Å². The summed E-state index contributed by atoms with van der Waals surface area (Å²) in [6, 6.07) is 0. The highest BCUT2D eigenvalue weighted by molar-refractivity contribution is 9.10. The fourth-order valence-electron chi connectivity index (χ4n) is 1.62. The maximum atomic E-state index is 10.5. The molecule has 0 fully saturated rings. The van der Waals surface area contributed by atoms with E-state index in [4.69, 9.17) is 0 Å². The Morgan fingerprint density at radius 3 is 2.88 bits per heavy atom. The van der Waals surface area contributed by atoms with Gasteiger partial charge in [-0.25, -0.2) is 4.68 Å². The smallest absolute Gasteiger partial charge is 0.171 e. The second-order valence-corrected chi connectivity index (χ2v) is 4.41. The molecule has 90 valence electrons. The van der Waals surface area contributed by atoms with Gasteiger partial charge in [-0.1, -0.05) is 5.21 Å². The monoisotopic (exact) mass is 297 g/mol. The Morgan fingerprint density at radius 1 is 1.53 bits per heavy atom. The molecule has 2 aromatic rings. The molecule has 0 aromatic carbocycles. The molecule has 2 rings (SSSR count). The summed E-state index contributed by atoms with van der Waals surface area (Å²) in [5.41, 5.74) is 2.30. The van der Waals surface area contributed by atoms with Crippen LogP contribution in [-0.2, 0) is 13.1 Å². The average Bonchev–Trinajstić information content (AvgIpc) is 2.89. The minimum Gasteiger partial charge on any atom is -0.296 e. The van der Waals surface area contributed by atoms with Gasteiger partial charge in [-0.05, 0) is 29.8 Å². The van der Waals surface area contributed by atoms with Gasteiger partial charge in [0.1, 0.15) is 5.69 Å². The number of aldehydes is 1. The number of nitrogens with zero attached hydrogens (tertiary/aromatic N) is 5. The van der Waals surface area contributed by atoms with Gasteiger partial charge in [0.05, 0.1) is 28.6 Å². The van der Waals surface area contributed by atoms with E-state index >= 15 is 0 Å². The molecule has 0 amide bonds. The zero-order valence-electron chi connectivity index (χ0n) is 9.59. The standard InChI is InChI=1S/C10H12BrN5O/c1-3-16-9(10(11)7(2)13-16)5-15-4-8(6-17)12-14-15/h4,6H,3,5H2,1-2H3. The van der Waals surface area contributed by atoms with Gasteiger partial charge in [0.25, 0.3) is 0 Å². The van der Waals surface area contributed by atoms with Crippen LogP contribution >= 0.6 is 15.9 Å². The first-order valence-corrected chi connectivity index (χ1v) is 6.02. The molecule has 0 N–H and O–H groups in total. The molecule has 0 atom stereocenters. The molecule has 17 heavy (non-hydrogen) atoms. The fraction of sp³-hybridized carbons (Fsp3) is 0.400. The molecule has 0 aliphatic heterocycles. The molecule has 0 saturated heterocycles. The molecule has 0 spiro atoms. The zero-order chi connectivity index (χ0) is 12.4. The molecule has 0 aliphatic rings. The highest BCUT2D eigenvalue weighted by Crippen LogP contribution is 2.21. The second-order valence-electron chi connectivity index (χ2n) is 3.62. The van der Waals surface area contributed by atoms with E-state index in [0.717, 1.165) is 22.4 Å². The van der Waals surface area contributed by atoms with E-state index in [9.17, 15) is 4.79 Å². The highest BCUT2D eigenvalue weighted by atomic mass is 79.9. The van der Waals surface area contributed by atoms with Crippen LogP contribution in [0, 0.1) is 6.92 Å². The maximum Gasteiger partial charge on any atom is 0.171 e. The summed E-state index contributed by atoms with van der Waals surface area (Å²) in [5, 5.41) is 12.0. The van der Waals surface area contributed by atoms with E-state index in [2.05, 4.69) is 31.3 Å². The molecular weight excluding hydrogens is 286 g/mol. The predicted octanol–water partition coefficient (Wildman–Crippen LogP) is 1.43. The van der Waals surface area contributed by atoms with Crippen molar-refractivity contribution in [2.75, 3.05) is 0 Å². The molecule has 0 bridgehead atoms. The van der Waals surface area contributed by atoms with Crippen LogP contribution in [0.25, 0.3) is 0 Å². The Bertz CT molecular complexity index is 545. The quantitative estimate of drug-likeness (QED) is 0.801. The second kappa shape index (κ2) is 4.79. The molecule has 2 heterocycles. The van der Waals surface area contributed by atoms with Crippen LogP contribution in [0.2, 0.25) is 0 Å². The lowest BCUT2D eigenvalue weighted by atomic mass is 10.3. The first-order chi connectivity index (χ1) is 8.15. The van der Waals surface area contributed by atoms with Crippen molar-refractivity contribution in [3.63, 3.8) is 0 Å². The van der Waals surface area contributed by atoms with Crippen molar-refractivity contribution in [1.82, 2.24) is 24.8 Å². The number of aromatic nitrogens is 5. The van der Waals surface area contributed by atoms with Crippen LogP contribution in [0.3, 0.4) is 0 Å². The number of hydrogen-bond donors (Lipinski definition) is 0. The van der Waals surface area contributed by atoms with Gasteiger partial charge in [-0.15, -0.1) is 5.10 Å². The van der Waals surface area contributed by atoms with E-state index < -0.39 is 0 Å². The van der Waals surface area contributed by atoms with E-state index in [0.29, 0.717) is 18.5 Å². The molecule has 0 aliphatic carbocycles. The normalized spacial score (nSPS) is 10.8. The minimum atomic E-state index is 0.334. The van der Waals surface area contributed by atoms with Crippen molar-refractivity contribution < 1.29 is 4.79 Å². The first-order valence-electron chi connectivity index (χ1n) is 5.22. The minimum absolute atomic E-state index is 0.334. The van der Waals surface area contributed by atoms with Crippen LogP contribution in [0.1, 0.15) is 28.8 Å². The van der Waals surface area contributed by atoms with Crippen LogP contribution in [-0.4, -0.2) is 31.1 Å². The molecule has 6 nitrogen and oxygen atoms in total. The number of carbonyl (C=O) groups excluding carboxylic acids is 1. The van der Waals surface area contributed by atoms with Crippen LogP contribution in [0.5, 0.6) is 0 Å². The Morgan fingerprint density at radius 2 is 2.29 bits per heavy atom. The van der Waals surface area contributed by atoms with Crippen LogP contribution < -0.4 is 0 Å². The number of hydrogen-bond acceptors (Lipinski definition) is 4. The van der Waals surface area contributed by atoms with Gasteiger partial charge in [0.15, 0.2) is 6.29 Å². The lowest BCUT2D eigenvalue weighted by Gasteiger charge is -2.04. The lowest BCUT2D eigenvalue weighted by Crippen LogP contribution is -2.09. The molecular formula is C10H12BrN5O. The summed E-state index contributed by atoms with van der Waals surface area (Å²) >= 11 is 3.51. The molecule has 7 heteroatoms. The summed E-state index contributed by atoms with van der Waals surface area (Å²) in [5.74, 6) is 0. The summed E-state index contributed by atoms with van der Waals surface area (Å²) in [4.78, 5) is 10.5. The Balaban J connectivity index is 2.31. The third kappa shape index (κ3) is 2.28. The highest BCUT2D eigenvalue weighted by Gasteiger charge is 2.13. The third-order valence-corrected chi connectivity index (χ3v) is 3.47. The van der Waals surface area contributed by atoms with Crippen molar-refractivity contribution >= 4 is 22.2 Å². The lowest BCUT2D eigenvalue weighted by molar-refractivity contribution is 0.111. The average molecular weight is 298 g/mol. The number of aryl methyl sites for hydroxylation is 2.